The van der Waals surface area contributed by atoms with Crippen molar-refractivity contribution in [3.05, 3.63) is 22.6 Å². The number of hydrogen-bond donors (Lipinski definition) is 0. The van der Waals surface area contributed by atoms with E-state index in [1.807, 2.05) is 16.6 Å². The summed E-state index contributed by atoms with van der Waals surface area (Å²) >= 11 is 1.76. The molecule has 1 fully saturated rings. The topological polar surface area (TPSA) is 66.7 Å². The Hall–Kier alpha value is -2.49. The fraction of sp³-hybridized carbons (Fsp3) is 0.577. The Morgan fingerprint density at radius 3 is 2.29 bits per heavy atom. The molecule has 1 aliphatic heterocycles. The predicted octanol–water partition coefficient (Wildman–Crippen LogP) is 5.19. The second kappa shape index (κ2) is 11.5. The molecule has 8 nitrogen and oxygen atoms in total. The quantitative estimate of drug-likeness (QED) is 0.357. The molecule has 0 spiro atoms. The van der Waals surface area contributed by atoms with Gasteiger partial charge in [-0.15, -0.1) is 16.4 Å². The Morgan fingerprint density at radius 2 is 1.74 bits per heavy atom. The normalized spacial score (nSPS) is 14.5. The van der Waals surface area contributed by atoms with Crippen molar-refractivity contribution < 1.29 is 23.7 Å². The molecule has 0 bridgehead atoms. The van der Waals surface area contributed by atoms with Crippen LogP contribution in [0.1, 0.15) is 43.6 Å². The fourth-order valence-electron chi connectivity index (χ4n) is 4.93. The molecule has 192 valence electrons. The highest BCUT2D eigenvalue weighted by Crippen LogP contribution is 2.48. The van der Waals surface area contributed by atoms with E-state index in [2.05, 4.69) is 18.7 Å². The van der Waals surface area contributed by atoms with Gasteiger partial charge in [0.25, 0.3) is 5.88 Å². The van der Waals surface area contributed by atoms with E-state index >= 15 is 0 Å². The first-order chi connectivity index (χ1) is 17.1. The van der Waals surface area contributed by atoms with Crippen molar-refractivity contribution in [2.24, 2.45) is 0 Å². The Labute approximate surface area is 211 Å². The highest BCUT2D eigenvalue weighted by Gasteiger charge is 2.32. The predicted molar refractivity (Wildman–Crippen MR) is 140 cm³/mol. The van der Waals surface area contributed by atoms with Gasteiger partial charge in [0.2, 0.25) is 0 Å². The summed E-state index contributed by atoms with van der Waals surface area (Å²) in [6, 6.07) is 4.42. The average molecular weight is 504 g/mol. The molecule has 0 unspecified atom stereocenters. The molecule has 1 saturated heterocycles. The lowest BCUT2D eigenvalue weighted by atomic mass is 10.0. The van der Waals surface area contributed by atoms with Crippen LogP contribution in [0.4, 0.5) is 5.69 Å². The molecule has 0 radical (unpaired) electrons. The van der Waals surface area contributed by atoms with Crippen molar-refractivity contribution in [1.82, 2.24) is 9.61 Å². The van der Waals surface area contributed by atoms with Crippen LogP contribution in [0.25, 0.3) is 16.1 Å². The number of anilines is 1. The molecule has 0 saturated carbocycles. The van der Waals surface area contributed by atoms with Gasteiger partial charge in [0.05, 0.1) is 39.2 Å². The zero-order chi connectivity index (χ0) is 24.9. The molecule has 3 aromatic rings. The summed E-state index contributed by atoms with van der Waals surface area (Å²) in [7, 11) is 6.76. The minimum absolute atomic E-state index is 0.402. The van der Waals surface area contributed by atoms with Gasteiger partial charge in [-0.05, 0) is 43.4 Å². The lowest BCUT2D eigenvalue weighted by Gasteiger charge is -2.35. The van der Waals surface area contributed by atoms with Gasteiger partial charge in [-0.1, -0.05) is 13.8 Å². The van der Waals surface area contributed by atoms with Crippen molar-refractivity contribution in [3.63, 3.8) is 0 Å². The van der Waals surface area contributed by atoms with Crippen LogP contribution in [0.5, 0.6) is 17.4 Å². The van der Waals surface area contributed by atoms with Gasteiger partial charge < -0.3 is 28.6 Å². The largest absolute Gasteiger partial charge is 0.496 e. The lowest BCUT2D eigenvalue weighted by molar-refractivity contribution is 0.0843. The molecule has 1 aromatic carbocycles. The Morgan fingerprint density at radius 1 is 1.06 bits per heavy atom. The maximum Gasteiger partial charge on any atom is 0.258 e. The van der Waals surface area contributed by atoms with Crippen LogP contribution in [-0.2, 0) is 22.5 Å². The molecule has 0 aliphatic carbocycles. The smallest absolute Gasteiger partial charge is 0.258 e. The Bertz CT molecular complexity index is 1110. The number of rotatable bonds is 11. The Balaban J connectivity index is 1.95. The molecule has 1 aliphatic rings. The molecule has 35 heavy (non-hydrogen) atoms. The van der Waals surface area contributed by atoms with Gasteiger partial charge in [-0.25, -0.2) is 4.52 Å². The SMILES string of the molecule is CCCN(c1c(OC)nn2c(-c3c(OC)cc(COC)cc3OC)c(CC)sc12)C1CCOCC1. The zero-order valence-corrected chi connectivity index (χ0v) is 22.5. The van der Waals surface area contributed by atoms with E-state index in [0.29, 0.717) is 18.5 Å². The molecular weight excluding hydrogens is 466 g/mol. The fourth-order valence-corrected chi connectivity index (χ4v) is 6.12. The van der Waals surface area contributed by atoms with Gasteiger partial charge in [-0.2, -0.15) is 0 Å². The van der Waals surface area contributed by atoms with E-state index in [1.165, 1.54) is 4.88 Å². The van der Waals surface area contributed by atoms with Crippen molar-refractivity contribution in [1.29, 1.82) is 0 Å². The van der Waals surface area contributed by atoms with E-state index in [-0.39, 0.29) is 0 Å². The van der Waals surface area contributed by atoms with Crippen molar-refractivity contribution in [2.45, 2.75) is 52.2 Å². The standard InChI is InChI=1S/C26H37N3O5S/c1-7-11-28(18-9-12-34-13-10-18)24-25(33-6)27-29-23(21(8-2)35-26(24)29)22-19(31-4)14-17(16-30-3)15-20(22)32-5/h14-15,18H,7-13,16H2,1-6H3. The Kier molecular flexibility index (Phi) is 8.41. The van der Waals surface area contributed by atoms with Gasteiger partial charge in [0.1, 0.15) is 22.0 Å². The van der Waals surface area contributed by atoms with Crippen LogP contribution in [0.3, 0.4) is 0 Å². The van der Waals surface area contributed by atoms with E-state index in [0.717, 1.165) is 84.3 Å². The first-order valence-electron chi connectivity index (χ1n) is 12.3. The van der Waals surface area contributed by atoms with Crippen LogP contribution in [-0.4, -0.2) is 63.9 Å². The molecule has 4 rings (SSSR count). The van der Waals surface area contributed by atoms with Crippen LogP contribution < -0.4 is 19.1 Å². The number of thiazole rings is 1. The number of hydrogen-bond acceptors (Lipinski definition) is 8. The van der Waals surface area contributed by atoms with Crippen LogP contribution >= 0.6 is 11.3 Å². The summed E-state index contributed by atoms with van der Waals surface area (Å²) in [6.07, 6.45) is 3.91. The number of nitrogens with zero attached hydrogens (tertiary/aromatic N) is 3. The summed E-state index contributed by atoms with van der Waals surface area (Å²) in [4.78, 5) is 4.79. The third-order valence-electron chi connectivity index (χ3n) is 6.50. The lowest BCUT2D eigenvalue weighted by Crippen LogP contribution is -2.40. The first kappa shape index (κ1) is 25.6. The van der Waals surface area contributed by atoms with Crippen molar-refractivity contribution >= 4 is 21.9 Å². The van der Waals surface area contributed by atoms with Crippen molar-refractivity contribution in [3.8, 4) is 28.6 Å². The van der Waals surface area contributed by atoms with E-state index in [1.54, 1.807) is 39.8 Å². The van der Waals surface area contributed by atoms with Gasteiger partial charge in [0.15, 0.2) is 0 Å². The van der Waals surface area contributed by atoms with Gasteiger partial charge >= 0.3 is 0 Å². The zero-order valence-electron chi connectivity index (χ0n) is 21.7. The number of aromatic nitrogens is 2. The average Bonchev–Trinajstić information content (AvgIpc) is 3.42. The van der Waals surface area contributed by atoms with Crippen molar-refractivity contribution in [2.75, 3.05) is 53.1 Å². The van der Waals surface area contributed by atoms with Gasteiger partial charge in [-0.3, -0.25) is 0 Å². The number of methoxy groups -OCH3 is 4. The molecule has 3 heterocycles. The minimum Gasteiger partial charge on any atom is -0.496 e. The third-order valence-corrected chi connectivity index (χ3v) is 7.78. The molecular formula is C26H37N3O5S. The molecule has 0 amide bonds. The summed E-state index contributed by atoms with van der Waals surface area (Å²) < 4.78 is 30.6. The monoisotopic (exact) mass is 503 g/mol. The van der Waals surface area contributed by atoms with Crippen LogP contribution in [0.2, 0.25) is 0 Å². The summed E-state index contributed by atoms with van der Waals surface area (Å²) in [5.41, 5.74) is 3.93. The first-order valence-corrected chi connectivity index (χ1v) is 13.1. The molecule has 0 atom stereocenters. The van der Waals surface area contributed by atoms with Crippen LogP contribution in [0, 0.1) is 0 Å². The van der Waals surface area contributed by atoms with Gasteiger partial charge in [0, 0.05) is 37.8 Å². The minimum atomic E-state index is 0.402. The maximum atomic E-state index is 5.86. The van der Waals surface area contributed by atoms with E-state index in [9.17, 15) is 0 Å². The summed E-state index contributed by atoms with van der Waals surface area (Å²) in [5.74, 6) is 2.11. The molecule has 9 heteroatoms. The number of aryl methyl sites for hydroxylation is 1. The van der Waals surface area contributed by atoms with E-state index in [4.69, 9.17) is 28.8 Å². The maximum absolute atomic E-state index is 5.86. The second-order valence-corrected chi connectivity index (χ2v) is 9.73. The summed E-state index contributed by atoms with van der Waals surface area (Å²) in [5, 5.41) is 4.98. The second-order valence-electron chi connectivity index (χ2n) is 8.65. The third kappa shape index (κ3) is 4.81. The van der Waals surface area contributed by atoms with E-state index < -0.39 is 0 Å². The summed E-state index contributed by atoms with van der Waals surface area (Å²) in [6.45, 7) is 7.38. The molecule has 2 aromatic heterocycles. The number of fused-ring (bicyclic) bond motifs is 1. The highest BCUT2D eigenvalue weighted by molar-refractivity contribution is 7.18. The highest BCUT2D eigenvalue weighted by atomic mass is 32.1. The number of benzene rings is 1. The molecule has 0 N–H and O–H groups in total. The van der Waals surface area contributed by atoms with Crippen LogP contribution in [0.15, 0.2) is 12.1 Å². The number of ether oxygens (including phenoxy) is 5.